The summed E-state index contributed by atoms with van der Waals surface area (Å²) in [6, 6.07) is 9.60. The van der Waals surface area contributed by atoms with Crippen LogP contribution in [0.2, 0.25) is 0 Å². The van der Waals surface area contributed by atoms with Gasteiger partial charge in [-0.1, -0.05) is 6.07 Å². The molecule has 0 saturated carbocycles. The lowest BCUT2D eigenvalue weighted by atomic mass is 10.1. The van der Waals surface area contributed by atoms with Crippen LogP contribution in [0, 0.1) is 0 Å². The minimum atomic E-state index is -0.0532. The van der Waals surface area contributed by atoms with Crippen molar-refractivity contribution >= 4 is 11.6 Å². The van der Waals surface area contributed by atoms with Crippen LogP contribution in [-0.4, -0.2) is 17.4 Å². The van der Waals surface area contributed by atoms with Crippen molar-refractivity contribution in [1.29, 1.82) is 0 Å². The number of hydrogen-bond donors (Lipinski definition) is 2. The molecule has 0 radical (unpaired) electrons. The summed E-state index contributed by atoms with van der Waals surface area (Å²) in [6.07, 6.45) is 4.48. The predicted molar refractivity (Wildman–Crippen MR) is 78.8 cm³/mol. The van der Waals surface area contributed by atoms with Gasteiger partial charge in [0.05, 0.1) is 6.04 Å². The first-order chi connectivity index (χ1) is 9.74. The van der Waals surface area contributed by atoms with E-state index in [1.165, 1.54) is 5.56 Å². The highest BCUT2D eigenvalue weighted by Crippen LogP contribution is 2.23. The first kappa shape index (κ1) is 12.7. The van der Waals surface area contributed by atoms with Crippen LogP contribution in [0.4, 0.5) is 5.69 Å². The van der Waals surface area contributed by atoms with E-state index in [2.05, 4.69) is 15.6 Å². The third-order valence-electron chi connectivity index (χ3n) is 3.61. The molecule has 0 fully saturated rings. The van der Waals surface area contributed by atoms with Gasteiger partial charge in [-0.15, -0.1) is 0 Å². The van der Waals surface area contributed by atoms with E-state index in [-0.39, 0.29) is 11.9 Å². The first-order valence-corrected chi connectivity index (χ1v) is 6.81. The summed E-state index contributed by atoms with van der Waals surface area (Å²) in [5, 5.41) is 6.30. The van der Waals surface area contributed by atoms with Gasteiger partial charge in [-0.3, -0.25) is 9.78 Å². The molecule has 1 aromatic heterocycles. The summed E-state index contributed by atoms with van der Waals surface area (Å²) in [5.41, 5.74) is 4.07. The van der Waals surface area contributed by atoms with E-state index in [1.54, 1.807) is 12.4 Å². The molecule has 0 aliphatic carbocycles. The summed E-state index contributed by atoms with van der Waals surface area (Å²) in [4.78, 5) is 16.3. The normalized spacial score (nSPS) is 14.2. The third kappa shape index (κ3) is 2.50. The van der Waals surface area contributed by atoms with Crippen LogP contribution in [0.25, 0.3) is 0 Å². The fraction of sp³-hybridized carbons (Fsp3) is 0.250. The number of pyridine rings is 1. The Hall–Kier alpha value is -2.36. The van der Waals surface area contributed by atoms with Crippen LogP contribution in [-0.2, 0) is 6.42 Å². The molecule has 102 valence electrons. The van der Waals surface area contributed by atoms with Crippen molar-refractivity contribution in [2.45, 2.75) is 19.4 Å². The number of benzene rings is 1. The van der Waals surface area contributed by atoms with Crippen molar-refractivity contribution in [3.8, 4) is 0 Å². The zero-order valence-corrected chi connectivity index (χ0v) is 11.4. The number of amides is 1. The van der Waals surface area contributed by atoms with E-state index >= 15 is 0 Å². The zero-order chi connectivity index (χ0) is 13.9. The largest absolute Gasteiger partial charge is 0.384 e. The Labute approximate surface area is 118 Å². The molecule has 1 atom stereocenters. The lowest BCUT2D eigenvalue weighted by Gasteiger charge is -2.14. The number of carbonyl (C=O) groups is 1. The molecule has 0 bridgehead atoms. The van der Waals surface area contributed by atoms with E-state index in [0.29, 0.717) is 5.56 Å². The third-order valence-corrected chi connectivity index (χ3v) is 3.61. The van der Waals surface area contributed by atoms with Gasteiger partial charge in [0.1, 0.15) is 0 Å². The van der Waals surface area contributed by atoms with Gasteiger partial charge in [0.15, 0.2) is 0 Å². The van der Waals surface area contributed by atoms with Crippen molar-refractivity contribution in [1.82, 2.24) is 10.3 Å². The fourth-order valence-electron chi connectivity index (χ4n) is 2.44. The molecule has 2 N–H and O–H groups in total. The van der Waals surface area contributed by atoms with Crippen molar-refractivity contribution in [2.75, 3.05) is 11.9 Å². The Bertz CT molecular complexity index is 625. The second-order valence-corrected chi connectivity index (χ2v) is 5.03. The van der Waals surface area contributed by atoms with E-state index in [0.717, 1.165) is 24.2 Å². The Morgan fingerprint density at radius 1 is 1.40 bits per heavy atom. The molecule has 1 amide bonds. The monoisotopic (exact) mass is 267 g/mol. The van der Waals surface area contributed by atoms with E-state index in [4.69, 9.17) is 0 Å². The molecule has 1 aliphatic heterocycles. The average Bonchev–Trinajstić information content (AvgIpc) is 2.95. The highest BCUT2D eigenvalue weighted by molar-refractivity contribution is 5.95. The zero-order valence-electron chi connectivity index (χ0n) is 11.4. The molecular formula is C16H17N3O. The Morgan fingerprint density at radius 3 is 3.10 bits per heavy atom. The van der Waals surface area contributed by atoms with Crippen LogP contribution >= 0.6 is 0 Å². The van der Waals surface area contributed by atoms with E-state index in [1.807, 2.05) is 37.3 Å². The number of nitrogens with one attached hydrogen (secondary N) is 2. The van der Waals surface area contributed by atoms with Gasteiger partial charge in [-0.25, -0.2) is 0 Å². The number of hydrogen-bond acceptors (Lipinski definition) is 3. The molecule has 2 aromatic rings. The molecule has 0 spiro atoms. The van der Waals surface area contributed by atoms with Gasteiger partial charge < -0.3 is 10.6 Å². The smallest absolute Gasteiger partial charge is 0.251 e. The second kappa shape index (κ2) is 5.33. The predicted octanol–water partition coefficient (Wildman–Crippen LogP) is 2.54. The number of aromatic nitrogens is 1. The molecule has 4 heteroatoms. The number of rotatable bonds is 3. The minimum Gasteiger partial charge on any atom is -0.384 e. The maximum atomic E-state index is 12.3. The lowest BCUT2D eigenvalue weighted by Crippen LogP contribution is -2.26. The highest BCUT2D eigenvalue weighted by Gasteiger charge is 2.15. The van der Waals surface area contributed by atoms with Gasteiger partial charge in [0, 0.05) is 30.2 Å². The lowest BCUT2D eigenvalue weighted by molar-refractivity contribution is 0.0940. The van der Waals surface area contributed by atoms with Gasteiger partial charge in [0.25, 0.3) is 5.91 Å². The van der Waals surface area contributed by atoms with Crippen LogP contribution < -0.4 is 10.6 Å². The fourth-order valence-corrected chi connectivity index (χ4v) is 2.44. The molecular weight excluding hydrogens is 250 g/mol. The highest BCUT2D eigenvalue weighted by atomic mass is 16.1. The van der Waals surface area contributed by atoms with Crippen molar-refractivity contribution in [3.05, 3.63) is 59.4 Å². The van der Waals surface area contributed by atoms with E-state index < -0.39 is 0 Å². The van der Waals surface area contributed by atoms with Crippen LogP contribution in [0.3, 0.4) is 0 Å². The number of anilines is 1. The molecule has 3 rings (SSSR count). The average molecular weight is 267 g/mol. The Morgan fingerprint density at radius 2 is 2.30 bits per heavy atom. The van der Waals surface area contributed by atoms with E-state index in [9.17, 15) is 4.79 Å². The number of carbonyl (C=O) groups excluding carboxylic acids is 1. The van der Waals surface area contributed by atoms with Gasteiger partial charge in [0.2, 0.25) is 0 Å². The molecule has 20 heavy (non-hydrogen) atoms. The molecule has 4 nitrogen and oxygen atoms in total. The maximum absolute atomic E-state index is 12.3. The van der Waals surface area contributed by atoms with Gasteiger partial charge in [-0.05, 0) is 48.7 Å². The molecule has 2 heterocycles. The molecule has 0 unspecified atom stereocenters. The summed E-state index contributed by atoms with van der Waals surface area (Å²) in [7, 11) is 0. The summed E-state index contributed by atoms with van der Waals surface area (Å²) < 4.78 is 0. The van der Waals surface area contributed by atoms with Gasteiger partial charge in [-0.2, -0.15) is 0 Å². The summed E-state index contributed by atoms with van der Waals surface area (Å²) in [6.45, 7) is 2.91. The Kier molecular flexibility index (Phi) is 3.37. The second-order valence-electron chi connectivity index (χ2n) is 5.03. The Balaban J connectivity index is 1.73. The summed E-state index contributed by atoms with van der Waals surface area (Å²) >= 11 is 0. The van der Waals surface area contributed by atoms with Crippen molar-refractivity contribution < 1.29 is 4.79 Å². The SMILES string of the molecule is C[C@H](NC(=O)c1ccc2c(c1)CCN2)c1cccnc1. The molecule has 1 aliphatic rings. The number of fused-ring (bicyclic) bond motifs is 1. The maximum Gasteiger partial charge on any atom is 0.251 e. The topological polar surface area (TPSA) is 54.0 Å². The van der Waals surface area contributed by atoms with Crippen molar-refractivity contribution in [2.24, 2.45) is 0 Å². The van der Waals surface area contributed by atoms with Gasteiger partial charge >= 0.3 is 0 Å². The number of nitrogens with zero attached hydrogens (tertiary/aromatic N) is 1. The molecule has 1 aromatic carbocycles. The first-order valence-electron chi connectivity index (χ1n) is 6.81. The minimum absolute atomic E-state index is 0.0453. The van der Waals surface area contributed by atoms with Crippen LogP contribution in [0.1, 0.15) is 34.5 Å². The molecule has 0 saturated heterocycles. The van der Waals surface area contributed by atoms with Crippen LogP contribution in [0.5, 0.6) is 0 Å². The van der Waals surface area contributed by atoms with Crippen LogP contribution in [0.15, 0.2) is 42.7 Å². The standard InChI is InChI=1S/C16H17N3O/c1-11(14-3-2-7-17-10-14)19-16(20)13-4-5-15-12(9-13)6-8-18-15/h2-5,7,9-11,18H,6,8H2,1H3,(H,19,20)/t11-/m0/s1. The quantitative estimate of drug-likeness (QED) is 0.898. The summed E-state index contributed by atoms with van der Waals surface area (Å²) in [5.74, 6) is -0.0453. The van der Waals surface area contributed by atoms with Crippen molar-refractivity contribution in [3.63, 3.8) is 0 Å².